The zero-order valence-corrected chi connectivity index (χ0v) is 3.67. The molecule has 0 aliphatic heterocycles. The third-order valence-electron chi connectivity index (χ3n) is 0.750. The minimum absolute atomic E-state index is 0.130. The van der Waals surface area contributed by atoms with Crippen LogP contribution >= 0.6 is 11.6 Å². The fourth-order valence-electron chi connectivity index (χ4n) is 0.180. The molecule has 36 valence electrons. The lowest BCUT2D eigenvalue weighted by molar-refractivity contribution is 0.121. The molecule has 0 nitrogen and oxygen atoms in total. The van der Waals surface area contributed by atoms with Gasteiger partial charge in [-0.05, 0) is 0 Å². The van der Waals surface area contributed by atoms with Crippen molar-refractivity contribution in [2.75, 3.05) is 0 Å². The standard InChI is InChI=1S/C3H3ClF2/c4-2-1-3(2,5)6/h2H,1H2. The lowest BCUT2D eigenvalue weighted by Gasteiger charge is -1.80. The number of hydrogen-bond donors (Lipinski definition) is 0. The predicted octanol–water partition coefficient (Wildman–Crippen LogP) is 1.63. The van der Waals surface area contributed by atoms with Gasteiger partial charge in [0.2, 0.25) is 0 Å². The zero-order valence-electron chi connectivity index (χ0n) is 2.92. The molecule has 6 heavy (non-hydrogen) atoms. The summed E-state index contributed by atoms with van der Waals surface area (Å²) in [7, 11) is 0. The van der Waals surface area contributed by atoms with Gasteiger partial charge in [0, 0.05) is 6.42 Å². The smallest absolute Gasteiger partial charge is 0.205 e. The Hall–Kier alpha value is 0.150. The molecule has 1 aliphatic rings. The lowest BCUT2D eigenvalue weighted by Crippen LogP contribution is -1.89. The molecule has 1 aliphatic carbocycles. The van der Waals surface area contributed by atoms with Gasteiger partial charge in [0.1, 0.15) is 5.38 Å². The van der Waals surface area contributed by atoms with E-state index in [0.29, 0.717) is 0 Å². The highest BCUT2D eigenvalue weighted by Gasteiger charge is 2.55. The Bertz CT molecular complexity index is 71.2. The lowest BCUT2D eigenvalue weighted by atomic mass is 10.8. The first kappa shape index (κ1) is 4.31. The molecule has 3 heteroatoms. The topological polar surface area (TPSA) is 0 Å². The van der Waals surface area contributed by atoms with Gasteiger partial charge in [-0.25, -0.2) is 8.78 Å². The number of alkyl halides is 3. The average Bonchev–Trinajstić information content (AvgIpc) is 1.73. The molecule has 1 fully saturated rings. The highest BCUT2D eigenvalue weighted by molar-refractivity contribution is 6.23. The van der Waals surface area contributed by atoms with Crippen LogP contribution in [0.5, 0.6) is 0 Å². The second kappa shape index (κ2) is 0.861. The molecule has 0 aromatic rings. The predicted molar refractivity (Wildman–Crippen MR) is 19.2 cm³/mol. The van der Waals surface area contributed by atoms with Crippen molar-refractivity contribution in [2.24, 2.45) is 0 Å². The Balaban J connectivity index is 2.41. The Labute approximate surface area is 39.1 Å². The van der Waals surface area contributed by atoms with Crippen LogP contribution in [0, 0.1) is 0 Å². The molecule has 0 saturated heterocycles. The van der Waals surface area contributed by atoms with Crippen LogP contribution in [0.4, 0.5) is 8.78 Å². The molecule has 0 N–H and O–H groups in total. The van der Waals surface area contributed by atoms with Gasteiger partial charge in [-0.15, -0.1) is 11.6 Å². The van der Waals surface area contributed by atoms with Crippen molar-refractivity contribution in [1.29, 1.82) is 0 Å². The second-order valence-corrected chi connectivity index (χ2v) is 1.96. The van der Waals surface area contributed by atoms with E-state index in [2.05, 4.69) is 0 Å². The molecule has 0 radical (unpaired) electrons. The van der Waals surface area contributed by atoms with Crippen molar-refractivity contribution in [1.82, 2.24) is 0 Å². The van der Waals surface area contributed by atoms with Crippen molar-refractivity contribution in [2.45, 2.75) is 17.7 Å². The Morgan fingerprint density at radius 3 is 1.83 bits per heavy atom. The zero-order chi connectivity index (χ0) is 4.78. The van der Waals surface area contributed by atoms with Gasteiger partial charge in [-0.1, -0.05) is 0 Å². The van der Waals surface area contributed by atoms with Crippen LogP contribution in [0.15, 0.2) is 0 Å². The van der Waals surface area contributed by atoms with E-state index >= 15 is 0 Å². The van der Waals surface area contributed by atoms with Crippen LogP contribution in [0.2, 0.25) is 0 Å². The molecule has 0 aromatic heterocycles. The van der Waals surface area contributed by atoms with Gasteiger partial charge in [-0.3, -0.25) is 0 Å². The summed E-state index contributed by atoms with van der Waals surface area (Å²) in [4.78, 5) is 0. The highest BCUT2D eigenvalue weighted by Crippen LogP contribution is 2.45. The summed E-state index contributed by atoms with van der Waals surface area (Å²) < 4.78 is 22.8. The largest absolute Gasteiger partial charge is 0.266 e. The minimum Gasteiger partial charge on any atom is -0.205 e. The van der Waals surface area contributed by atoms with Crippen LogP contribution in [0.3, 0.4) is 0 Å². The number of halogens is 3. The van der Waals surface area contributed by atoms with Gasteiger partial charge < -0.3 is 0 Å². The van der Waals surface area contributed by atoms with Crippen molar-refractivity contribution in [3.05, 3.63) is 0 Å². The quantitative estimate of drug-likeness (QED) is 0.418. The van der Waals surface area contributed by atoms with Gasteiger partial charge in [0.15, 0.2) is 0 Å². The molecule has 1 atom stereocenters. The highest BCUT2D eigenvalue weighted by atomic mass is 35.5. The van der Waals surface area contributed by atoms with Crippen molar-refractivity contribution >= 4 is 11.6 Å². The first-order valence-electron chi connectivity index (χ1n) is 1.65. The molecule has 1 saturated carbocycles. The summed E-state index contributed by atoms with van der Waals surface area (Å²) in [6, 6.07) is 0. The van der Waals surface area contributed by atoms with E-state index in [4.69, 9.17) is 11.6 Å². The van der Waals surface area contributed by atoms with E-state index < -0.39 is 11.3 Å². The van der Waals surface area contributed by atoms with Gasteiger partial charge in [0.05, 0.1) is 0 Å². The third kappa shape index (κ3) is 0.492. The molecule has 0 amide bonds. The van der Waals surface area contributed by atoms with Crippen LogP contribution in [-0.4, -0.2) is 11.3 Å². The molecule has 0 spiro atoms. The van der Waals surface area contributed by atoms with Gasteiger partial charge >= 0.3 is 0 Å². The molecule has 1 unspecified atom stereocenters. The number of hydrogen-bond acceptors (Lipinski definition) is 0. The first-order chi connectivity index (χ1) is 2.63. The minimum atomic E-state index is -2.53. The van der Waals surface area contributed by atoms with Gasteiger partial charge in [0.25, 0.3) is 5.92 Å². The fourth-order valence-corrected chi connectivity index (χ4v) is 0.386. The fraction of sp³-hybridized carbons (Fsp3) is 1.00. The second-order valence-electron chi connectivity index (χ2n) is 1.43. The van der Waals surface area contributed by atoms with Crippen LogP contribution in [0.25, 0.3) is 0 Å². The monoisotopic (exact) mass is 112 g/mol. The Kier molecular flexibility index (Phi) is 0.619. The number of rotatable bonds is 0. The van der Waals surface area contributed by atoms with E-state index in [1.165, 1.54) is 0 Å². The van der Waals surface area contributed by atoms with E-state index in [1.807, 2.05) is 0 Å². The van der Waals surface area contributed by atoms with E-state index in [9.17, 15) is 8.78 Å². The summed E-state index contributed by atoms with van der Waals surface area (Å²) in [5.41, 5.74) is 0. The van der Waals surface area contributed by atoms with E-state index in [0.717, 1.165) is 0 Å². The molecule has 0 bridgehead atoms. The summed E-state index contributed by atoms with van der Waals surface area (Å²) >= 11 is 4.93. The van der Waals surface area contributed by atoms with Crippen LogP contribution < -0.4 is 0 Å². The van der Waals surface area contributed by atoms with Crippen molar-refractivity contribution in [3.8, 4) is 0 Å². The van der Waals surface area contributed by atoms with Crippen molar-refractivity contribution < 1.29 is 8.78 Å². The van der Waals surface area contributed by atoms with E-state index in [-0.39, 0.29) is 6.42 Å². The van der Waals surface area contributed by atoms with Gasteiger partial charge in [-0.2, -0.15) is 0 Å². The maximum absolute atomic E-state index is 11.4. The van der Waals surface area contributed by atoms with Crippen LogP contribution in [-0.2, 0) is 0 Å². The molecule has 1 rings (SSSR count). The molecular weight excluding hydrogens is 109 g/mol. The maximum Gasteiger partial charge on any atom is 0.266 e. The summed E-state index contributed by atoms with van der Waals surface area (Å²) in [5, 5.41) is -0.863. The molecular formula is C3H3ClF2. The third-order valence-corrected chi connectivity index (χ3v) is 1.22. The first-order valence-corrected chi connectivity index (χ1v) is 2.08. The molecule has 0 aromatic carbocycles. The average molecular weight is 113 g/mol. The summed E-state index contributed by atoms with van der Waals surface area (Å²) in [6.07, 6.45) is -0.130. The summed E-state index contributed by atoms with van der Waals surface area (Å²) in [5.74, 6) is -2.53. The SMILES string of the molecule is FC1(F)CC1Cl. The Morgan fingerprint density at radius 2 is 1.83 bits per heavy atom. The van der Waals surface area contributed by atoms with E-state index in [1.54, 1.807) is 0 Å². The van der Waals surface area contributed by atoms with Crippen molar-refractivity contribution in [3.63, 3.8) is 0 Å². The van der Waals surface area contributed by atoms with Crippen LogP contribution in [0.1, 0.15) is 6.42 Å². The molecule has 0 heterocycles. The maximum atomic E-state index is 11.4. The normalized spacial score (nSPS) is 39.5. The summed E-state index contributed by atoms with van der Waals surface area (Å²) in [6.45, 7) is 0. The Morgan fingerprint density at radius 1 is 1.67 bits per heavy atom.